The summed E-state index contributed by atoms with van der Waals surface area (Å²) in [6.45, 7) is 4.72. The van der Waals surface area contributed by atoms with Gasteiger partial charge < -0.3 is 9.64 Å². The molecule has 1 heterocycles. The number of hydrogen-bond donors (Lipinski definition) is 0. The maximum Gasteiger partial charge on any atom is 0.409 e. The van der Waals surface area contributed by atoms with Crippen molar-refractivity contribution in [2.75, 3.05) is 13.7 Å². The number of likely N-dealkylation sites (N-methyl/N-ethyl adjacent to an activating group) is 1. The topological polar surface area (TPSA) is 29.5 Å². The predicted molar refractivity (Wildman–Crippen MR) is 37.7 cm³/mol. The maximum atomic E-state index is 10.8. The van der Waals surface area contributed by atoms with Gasteiger partial charge in [-0.05, 0) is 5.92 Å². The van der Waals surface area contributed by atoms with Crippen molar-refractivity contribution in [3.05, 3.63) is 0 Å². The van der Waals surface area contributed by atoms with Gasteiger partial charge in [-0.1, -0.05) is 13.8 Å². The molecule has 0 N–H and O–H groups in total. The number of ether oxygens (including phenoxy) is 1. The van der Waals surface area contributed by atoms with Crippen LogP contribution < -0.4 is 0 Å². The Morgan fingerprint density at radius 2 is 2.30 bits per heavy atom. The summed E-state index contributed by atoms with van der Waals surface area (Å²) in [4.78, 5) is 12.5. The lowest BCUT2D eigenvalue weighted by atomic mass is 10.1. The third-order valence-corrected chi connectivity index (χ3v) is 1.93. The number of rotatable bonds is 1. The molecular formula is C7H13NO2. The molecule has 0 radical (unpaired) electrons. The Bertz CT molecular complexity index is 145. The van der Waals surface area contributed by atoms with Gasteiger partial charge in [0, 0.05) is 7.05 Å². The van der Waals surface area contributed by atoms with Crippen LogP contribution in [0.5, 0.6) is 0 Å². The van der Waals surface area contributed by atoms with E-state index in [0.717, 1.165) is 0 Å². The molecule has 1 amide bonds. The number of amides is 1. The van der Waals surface area contributed by atoms with Crippen LogP contribution in [0, 0.1) is 5.92 Å². The fourth-order valence-corrected chi connectivity index (χ4v) is 1.15. The standard InChI is InChI=1S/C7H13NO2/c1-5(2)6-4-10-7(9)8(6)3/h5-6H,4H2,1-3H3. The normalized spacial score (nSPS) is 25.8. The van der Waals surface area contributed by atoms with E-state index in [9.17, 15) is 4.79 Å². The molecule has 0 spiro atoms. The second kappa shape index (κ2) is 2.48. The first-order valence-corrected chi connectivity index (χ1v) is 3.52. The summed E-state index contributed by atoms with van der Waals surface area (Å²) in [6.07, 6.45) is -0.196. The molecule has 0 aliphatic carbocycles. The van der Waals surface area contributed by atoms with Crippen molar-refractivity contribution in [1.29, 1.82) is 0 Å². The molecule has 0 bridgehead atoms. The van der Waals surface area contributed by atoms with Crippen LogP contribution in [-0.2, 0) is 4.74 Å². The van der Waals surface area contributed by atoms with E-state index >= 15 is 0 Å². The summed E-state index contributed by atoms with van der Waals surface area (Å²) in [5.74, 6) is 0.483. The Labute approximate surface area is 61.0 Å². The zero-order valence-electron chi connectivity index (χ0n) is 6.63. The van der Waals surface area contributed by atoms with Crippen molar-refractivity contribution in [2.45, 2.75) is 19.9 Å². The summed E-state index contributed by atoms with van der Waals surface area (Å²) < 4.78 is 4.83. The van der Waals surface area contributed by atoms with E-state index in [1.54, 1.807) is 11.9 Å². The van der Waals surface area contributed by atoms with Crippen LogP contribution in [0.25, 0.3) is 0 Å². The lowest BCUT2D eigenvalue weighted by Crippen LogP contribution is -2.33. The zero-order chi connectivity index (χ0) is 7.72. The Kier molecular flexibility index (Phi) is 1.83. The zero-order valence-corrected chi connectivity index (χ0v) is 6.63. The van der Waals surface area contributed by atoms with Gasteiger partial charge in [0.2, 0.25) is 0 Å². The van der Waals surface area contributed by atoms with Gasteiger partial charge in [-0.15, -0.1) is 0 Å². The lowest BCUT2D eigenvalue weighted by Gasteiger charge is -2.18. The third kappa shape index (κ3) is 1.08. The summed E-state index contributed by atoms with van der Waals surface area (Å²) in [6, 6.07) is 0.271. The fourth-order valence-electron chi connectivity index (χ4n) is 1.15. The van der Waals surface area contributed by atoms with Gasteiger partial charge in [0.1, 0.15) is 6.61 Å². The summed E-state index contributed by atoms with van der Waals surface area (Å²) in [5, 5.41) is 0. The maximum absolute atomic E-state index is 10.8. The minimum Gasteiger partial charge on any atom is -0.447 e. The van der Waals surface area contributed by atoms with Gasteiger partial charge in [0.05, 0.1) is 6.04 Å². The molecule has 10 heavy (non-hydrogen) atoms. The second-order valence-electron chi connectivity index (χ2n) is 3.00. The minimum atomic E-state index is -0.196. The monoisotopic (exact) mass is 143 g/mol. The Morgan fingerprint density at radius 3 is 2.50 bits per heavy atom. The quantitative estimate of drug-likeness (QED) is 0.550. The molecule has 0 aromatic carbocycles. The second-order valence-corrected chi connectivity index (χ2v) is 3.00. The fraction of sp³-hybridized carbons (Fsp3) is 0.857. The van der Waals surface area contributed by atoms with Crippen molar-refractivity contribution < 1.29 is 9.53 Å². The highest BCUT2D eigenvalue weighted by Crippen LogP contribution is 2.16. The van der Waals surface area contributed by atoms with E-state index in [0.29, 0.717) is 12.5 Å². The summed E-state index contributed by atoms with van der Waals surface area (Å²) in [7, 11) is 1.78. The first-order chi connectivity index (χ1) is 4.63. The van der Waals surface area contributed by atoms with E-state index < -0.39 is 0 Å². The van der Waals surface area contributed by atoms with Gasteiger partial charge >= 0.3 is 6.09 Å². The smallest absolute Gasteiger partial charge is 0.409 e. The van der Waals surface area contributed by atoms with Crippen molar-refractivity contribution in [2.24, 2.45) is 5.92 Å². The van der Waals surface area contributed by atoms with Crippen molar-refractivity contribution in [3.63, 3.8) is 0 Å². The highest BCUT2D eigenvalue weighted by Gasteiger charge is 2.31. The van der Waals surface area contributed by atoms with E-state index in [2.05, 4.69) is 13.8 Å². The SMILES string of the molecule is CC(C)C1COC(=O)N1C. The highest BCUT2D eigenvalue weighted by atomic mass is 16.6. The van der Waals surface area contributed by atoms with Gasteiger partial charge in [-0.3, -0.25) is 0 Å². The molecule has 0 aromatic rings. The molecule has 1 aliphatic rings. The molecule has 0 saturated carbocycles. The number of cyclic esters (lactones) is 1. The summed E-state index contributed by atoms with van der Waals surface area (Å²) >= 11 is 0. The molecule has 1 aliphatic heterocycles. The Hall–Kier alpha value is -0.730. The van der Waals surface area contributed by atoms with Crippen LogP contribution in [0.1, 0.15) is 13.8 Å². The van der Waals surface area contributed by atoms with Crippen LogP contribution in [0.15, 0.2) is 0 Å². The highest BCUT2D eigenvalue weighted by molar-refractivity contribution is 5.69. The lowest BCUT2D eigenvalue weighted by molar-refractivity contribution is 0.163. The van der Waals surface area contributed by atoms with Gasteiger partial charge in [-0.2, -0.15) is 0 Å². The van der Waals surface area contributed by atoms with Crippen molar-refractivity contribution in [3.8, 4) is 0 Å². The minimum absolute atomic E-state index is 0.196. The van der Waals surface area contributed by atoms with E-state index in [4.69, 9.17) is 4.74 Å². The third-order valence-electron chi connectivity index (χ3n) is 1.93. The first-order valence-electron chi connectivity index (χ1n) is 3.52. The first kappa shape index (κ1) is 7.38. The molecule has 1 atom stereocenters. The molecule has 58 valence electrons. The Morgan fingerprint density at radius 1 is 1.70 bits per heavy atom. The van der Waals surface area contributed by atoms with Gasteiger partial charge in [-0.25, -0.2) is 4.79 Å². The van der Waals surface area contributed by atoms with E-state index in [-0.39, 0.29) is 12.1 Å². The van der Waals surface area contributed by atoms with Crippen LogP contribution in [0.3, 0.4) is 0 Å². The molecule has 1 unspecified atom stereocenters. The predicted octanol–water partition coefficient (Wildman–Crippen LogP) is 1.09. The molecule has 1 fully saturated rings. The van der Waals surface area contributed by atoms with Crippen LogP contribution in [-0.4, -0.2) is 30.7 Å². The average molecular weight is 143 g/mol. The van der Waals surface area contributed by atoms with E-state index in [1.165, 1.54) is 0 Å². The Balaban J connectivity index is 2.57. The summed E-state index contributed by atoms with van der Waals surface area (Å²) in [5.41, 5.74) is 0. The number of carbonyl (C=O) groups is 1. The van der Waals surface area contributed by atoms with Gasteiger partial charge in [0.15, 0.2) is 0 Å². The molecule has 1 saturated heterocycles. The van der Waals surface area contributed by atoms with Crippen LogP contribution >= 0.6 is 0 Å². The average Bonchev–Trinajstić information content (AvgIpc) is 2.14. The van der Waals surface area contributed by atoms with Crippen molar-refractivity contribution >= 4 is 6.09 Å². The molecule has 0 aromatic heterocycles. The number of nitrogens with zero attached hydrogens (tertiary/aromatic N) is 1. The number of carbonyl (C=O) groups excluding carboxylic acids is 1. The van der Waals surface area contributed by atoms with Gasteiger partial charge in [0.25, 0.3) is 0 Å². The van der Waals surface area contributed by atoms with Crippen LogP contribution in [0.4, 0.5) is 4.79 Å². The largest absolute Gasteiger partial charge is 0.447 e. The molecular weight excluding hydrogens is 130 g/mol. The molecule has 3 nitrogen and oxygen atoms in total. The van der Waals surface area contributed by atoms with Crippen LogP contribution in [0.2, 0.25) is 0 Å². The molecule has 3 heteroatoms. The number of hydrogen-bond acceptors (Lipinski definition) is 2. The molecule has 1 rings (SSSR count). The van der Waals surface area contributed by atoms with Crippen molar-refractivity contribution in [1.82, 2.24) is 4.90 Å². The van der Waals surface area contributed by atoms with E-state index in [1.807, 2.05) is 0 Å².